The molecule has 1 aromatic heterocycles. The fourth-order valence-electron chi connectivity index (χ4n) is 4.79. The monoisotopic (exact) mass is 377 g/mol. The Morgan fingerprint density at radius 3 is 2.61 bits per heavy atom. The van der Waals surface area contributed by atoms with E-state index in [2.05, 4.69) is 11.1 Å². The van der Waals surface area contributed by atoms with Crippen molar-refractivity contribution in [2.24, 2.45) is 5.92 Å². The van der Waals surface area contributed by atoms with Crippen LogP contribution < -0.4 is 9.47 Å². The van der Waals surface area contributed by atoms with Crippen LogP contribution >= 0.6 is 0 Å². The lowest BCUT2D eigenvalue weighted by atomic mass is 9.85. The summed E-state index contributed by atoms with van der Waals surface area (Å²) in [5.41, 5.74) is 2.88. The van der Waals surface area contributed by atoms with E-state index in [0.29, 0.717) is 6.42 Å². The fraction of sp³-hybridized carbons (Fsp3) is 0.500. The van der Waals surface area contributed by atoms with Crippen LogP contribution in [0.15, 0.2) is 36.5 Å². The zero-order valence-corrected chi connectivity index (χ0v) is 16.3. The van der Waals surface area contributed by atoms with Crippen molar-refractivity contribution in [3.63, 3.8) is 0 Å². The number of carbonyl (C=O) groups is 1. The van der Waals surface area contributed by atoms with Crippen LogP contribution in [-0.4, -0.2) is 17.6 Å². The summed E-state index contributed by atoms with van der Waals surface area (Å²) >= 11 is 0. The SMILES string of the molecule is O=C(Cc1ccc(CC2CCCCC2)cn1)C1(c2ccc3c(c2)OCO3)CC1. The Bertz CT molecular complexity index is 864. The van der Waals surface area contributed by atoms with E-state index in [-0.39, 0.29) is 18.0 Å². The summed E-state index contributed by atoms with van der Waals surface area (Å²) in [6.45, 7) is 0.261. The first-order valence-electron chi connectivity index (χ1n) is 10.6. The topological polar surface area (TPSA) is 48.4 Å². The summed E-state index contributed by atoms with van der Waals surface area (Å²) in [6.07, 6.45) is 12.1. The Kier molecular flexibility index (Phi) is 4.58. The molecule has 0 atom stereocenters. The molecule has 0 unspecified atom stereocenters. The Hall–Kier alpha value is -2.36. The van der Waals surface area contributed by atoms with Gasteiger partial charge < -0.3 is 9.47 Å². The van der Waals surface area contributed by atoms with Gasteiger partial charge in [0.25, 0.3) is 0 Å². The highest BCUT2D eigenvalue weighted by molar-refractivity contribution is 5.94. The van der Waals surface area contributed by atoms with Crippen molar-refractivity contribution >= 4 is 5.78 Å². The molecule has 146 valence electrons. The average molecular weight is 377 g/mol. The van der Waals surface area contributed by atoms with Gasteiger partial charge in [0.2, 0.25) is 6.79 Å². The second-order valence-corrected chi connectivity index (χ2v) is 8.62. The molecule has 0 bridgehead atoms. The molecule has 4 nitrogen and oxygen atoms in total. The molecule has 3 aliphatic rings. The number of Topliss-reactive ketones (excluding diaryl/α,β-unsaturated/α-hetero) is 1. The van der Waals surface area contributed by atoms with Crippen molar-refractivity contribution in [1.29, 1.82) is 0 Å². The van der Waals surface area contributed by atoms with Gasteiger partial charge in [0.05, 0.1) is 5.41 Å². The van der Waals surface area contributed by atoms with Gasteiger partial charge in [-0.05, 0) is 54.5 Å². The van der Waals surface area contributed by atoms with Crippen molar-refractivity contribution in [1.82, 2.24) is 4.98 Å². The second kappa shape index (κ2) is 7.23. The van der Waals surface area contributed by atoms with Gasteiger partial charge in [-0.2, -0.15) is 0 Å². The Morgan fingerprint density at radius 2 is 1.86 bits per heavy atom. The number of ether oxygens (including phenoxy) is 2. The van der Waals surface area contributed by atoms with Crippen LogP contribution in [0, 0.1) is 5.92 Å². The molecule has 0 saturated heterocycles. The van der Waals surface area contributed by atoms with Crippen LogP contribution in [0.1, 0.15) is 61.8 Å². The number of nitrogens with zero attached hydrogens (tertiary/aromatic N) is 1. The molecule has 2 aromatic rings. The first kappa shape index (κ1) is 17.7. The minimum absolute atomic E-state index is 0.261. The number of hydrogen-bond acceptors (Lipinski definition) is 4. The molecule has 1 aromatic carbocycles. The van der Waals surface area contributed by atoms with Gasteiger partial charge in [0.15, 0.2) is 11.5 Å². The maximum atomic E-state index is 13.1. The number of fused-ring (bicyclic) bond motifs is 1. The number of carbonyl (C=O) groups excluding carboxylic acids is 1. The van der Waals surface area contributed by atoms with Crippen molar-refractivity contribution < 1.29 is 14.3 Å². The molecule has 1 aliphatic heterocycles. The van der Waals surface area contributed by atoms with Gasteiger partial charge in [-0.1, -0.05) is 44.2 Å². The van der Waals surface area contributed by atoms with Gasteiger partial charge >= 0.3 is 0 Å². The van der Waals surface area contributed by atoms with Crippen LogP contribution in [0.5, 0.6) is 11.5 Å². The van der Waals surface area contributed by atoms with Crippen LogP contribution in [0.3, 0.4) is 0 Å². The van der Waals surface area contributed by atoms with E-state index >= 15 is 0 Å². The van der Waals surface area contributed by atoms with E-state index in [9.17, 15) is 4.79 Å². The molecular formula is C24H27NO3. The van der Waals surface area contributed by atoms with Crippen molar-refractivity contribution in [3.05, 3.63) is 53.3 Å². The van der Waals surface area contributed by atoms with E-state index < -0.39 is 0 Å². The molecule has 4 heteroatoms. The van der Waals surface area contributed by atoms with Crippen LogP contribution in [0.2, 0.25) is 0 Å². The molecule has 0 amide bonds. The third-order valence-electron chi connectivity index (χ3n) is 6.69. The molecule has 2 aliphatic carbocycles. The molecule has 5 rings (SSSR count). The smallest absolute Gasteiger partial charge is 0.231 e. The third kappa shape index (κ3) is 3.41. The van der Waals surface area contributed by atoms with Gasteiger partial charge in [0.1, 0.15) is 5.78 Å². The van der Waals surface area contributed by atoms with Gasteiger partial charge in [-0.15, -0.1) is 0 Å². The summed E-state index contributed by atoms with van der Waals surface area (Å²) in [6, 6.07) is 10.1. The molecule has 2 heterocycles. The minimum Gasteiger partial charge on any atom is -0.454 e. The highest BCUT2D eigenvalue weighted by Gasteiger charge is 2.50. The molecule has 28 heavy (non-hydrogen) atoms. The molecule has 0 radical (unpaired) electrons. The first-order chi connectivity index (χ1) is 13.7. The quantitative estimate of drug-likeness (QED) is 0.727. The maximum Gasteiger partial charge on any atom is 0.231 e. The van der Waals surface area contributed by atoms with Crippen LogP contribution in [0.25, 0.3) is 0 Å². The Balaban J connectivity index is 1.25. The lowest BCUT2D eigenvalue weighted by molar-refractivity contribution is -0.120. The Morgan fingerprint density at radius 1 is 1.04 bits per heavy atom. The number of hydrogen-bond donors (Lipinski definition) is 0. The van der Waals surface area contributed by atoms with Crippen molar-refractivity contribution in [2.75, 3.05) is 6.79 Å². The molecule has 2 fully saturated rings. The van der Waals surface area contributed by atoms with Gasteiger partial charge in [0, 0.05) is 18.3 Å². The van der Waals surface area contributed by atoms with Crippen LogP contribution in [-0.2, 0) is 23.1 Å². The Labute approximate surface area is 166 Å². The third-order valence-corrected chi connectivity index (χ3v) is 6.69. The summed E-state index contributed by atoms with van der Waals surface area (Å²) in [5, 5.41) is 0. The standard InChI is InChI=1S/C24H27NO3/c26-23(24(10-11-24)19-7-9-21-22(13-19)28-16-27-21)14-20-8-6-18(15-25-20)12-17-4-2-1-3-5-17/h6-9,13,15,17H,1-5,10-12,14,16H2. The zero-order chi connectivity index (χ0) is 19.0. The van der Waals surface area contributed by atoms with E-state index in [4.69, 9.17) is 9.47 Å². The summed E-state index contributed by atoms with van der Waals surface area (Å²) in [5.74, 6) is 2.59. The van der Waals surface area contributed by atoms with Gasteiger partial charge in [-0.25, -0.2) is 0 Å². The number of pyridine rings is 1. The number of aromatic nitrogens is 1. The second-order valence-electron chi connectivity index (χ2n) is 8.62. The van der Waals surface area contributed by atoms with Crippen molar-refractivity contribution in [3.8, 4) is 11.5 Å². The summed E-state index contributed by atoms with van der Waals surface area (Å²) < 4.78 is 10.9. The highest BCUT2D eigenvalue weighted by atomic mass is 16.7. The molecular weight excluding hydrogens is 350 g/mol. The average Bonchev–Trinajstić information content (AvgIpc) is 3.41. The maximum absolute atomic E-state index is 13.1. The van der Waals surface area contributed by atoms with E-state index in [0.717, 1.165) is 47.9 Å². The molecule has 0 N–H and O–H groups in total. The predicted molar refractivity (Wildman–Crippen MR) is 107 cm³/mol. The van der Waals surface area contributed by atoms with Gasteiger partial charge in [-0.3, -0.25) is 9.78 Å². The molecule has 2 saturated carbocycles. The predicted octanol–water partition coefficient (Wildman–Crippen LogP) is 4.78. The van der Waals surface area contributed by atoms with E-state index in [1.807, 2.05) is 30.5 Å². The lowest BCUT2D eigenvalue weighted by Gasteiger charge is -2.21. The first-order valence-corrected chi connectivity index (χ1v) is 10.6. The summed E-state index contributed by atoms with van der Waals surface area (Å²) in [4.78, 5) is 17.7. The van der Waals surface area contributed by atoms with Crippen molar-refractivity contribution in [2.45, 2.75) is 63.2 Å². The lowest BCUT2D eigenvalue weighted by Crippen LogP contribution is -2.23. The minimum atomic E-state index is -0.358. The largest absolute Gasteiger partial charge is 0.454 e. The normalized spacial score (nSPS) is 20.1. The fourth-order valence-corrected chi connectivity index (χ4v) is 4.79. The number of rotatable bonds is 6. The van der Waals surface area contributed by atoms with E-state index in [1.54, 1.807) is 0 Å². The highest BCUT2D eigenvalue weighted by Crippen LogP contribution is 2.51. The zero-order valence-electron chi connectivity index (χ0n) is 16.3. The molecule has 0 spiro atoms. The van der Waals surface area contributed by atoms with Crippen LogP contribution in [0.4, 0.5) is 0 Å². The number of benzene rings is 1. The van der Waals surface area contributed by atoms with E-state index in [1.165, 1.54) is 37.7 Å². The number of ketones is 1. The summed E-state index contributed by atoms with van der Waals surface area (Å²) in [7, 11) is 0.